The molecular formula is C17H18Rb2Y2-2. The molecule has 4 heteroatoms. The Balaban J connectivity index is 0. The molecule has 1 aliphatic carbocycles. The van der Waals surface area contributed by atoms with Crippen molar-refractivity contribution in [3.63, 3.8) is 0 Å². The van der Waals surface area contributed by atoms with Gasteiger partial charge in [-0.25, -0.2) is 0 Å². The molecule has 0 unspecified atom stereocenters. The molecule has 96 valence electrons. The van der Waals surface area contributed by atoms with Crippen molar-refractivity contribution < 1.29 is 65.4 Å². The minimum atomic E-state index is 0. The van der Waals surface area contributed by atoms with Gasteiger partial charge in [-0.2, -0.15) is 37.1 Å². The third kappa shape index (κ3) is 9.32. The Kier molecular flexibility index (Phi) is 20.6. The van der Waals surface area contributed by atoms with Crippen LogP contribution in [-0.4, -0.2) is 116 Å². The number of benzene rings is 2. The van der Waals surface area contributed by atoms with Gasteiger partial charge in [-0.15, -0.1) is 16.8 Å². The molecule has 0 heterocycles. The molecule has 4 radical (unpaired) electrons. The van der Waals surface area contributed by atoms with E-state index in [0.29, 0.717) is 0 Å². The van der Waals surface area contributed by atoms with Gasteiger partial charge in [-0.3, -0.25) is 0 Å². The zero-order chi connectivity index (χ0) is 11.5. The van der Waals surface area contributed by atoms with Crippen LogP contribution in [-0.2, 0) is 71.8 Å². The molecule has 0 atom stereocenters. The normalized spacial score (nSPS) is 14.1. The fourth-order valence-electron chi connectivity index (χ4n) is 2.84. The van der Waals surface area contributed by atoms with Gasteiger partial charge in [-0.05, 0) is 12.3 Å². The summed E-state index contributed by atoms with van der Waals surface area (Å²) in [5.74, 6) is 0.896. The molecule has 0 nitrogen and oxygen atoms in total. The fraction of sp³-hybridized carbons (Fsp3) is 0.353. The Bertz CT molecular complexity index is 511. The van der Waals surface area contributed by atoms with Gasteiger partial charge < -0.3 is 6.42 Å². The topological polar surface area (TPSA) is 0 Å². The molecule has 2 aromatic carbocycles. The summed E-state index contributed by atoms with van der Waals surface area (Å²) in [6, 6.07) is 16.2. The molecule has 3 rings (SSSR count). The molecule has 1 aliphatic rings. The van der Waals surface area contributed by atoms with Crippen LogP contribution in [0.15, 0.2) is 36.4 Å². The quantitative estimate of drug-likeness (QED) is 0.482. The molecule has 0 amide bonds. The summed E-state index contributed by atoms with van der Waals surface area (Å²) in [4.78, 5) is 0. The van der Waals surface area contributed by atoms with Crippen LogP contribution in [0, 0.1) is 18.4 Å². The number of hydrogen-bond acceptors (Lipinski definition) is 0. The molecule has 1 saturated carbocycles. The van der Waals surface area contributed by atoms with Crippen molar-refractivity contribution in [2.75, 3.05) is 0 Å². The largest absolute Gasteiger partial charge is 0.328 e. The molecule has 0 aliphatic heterocycles. The minimum Gasteiger partial charge on any atom is -0.328 e. The predicted octanol–water partition coefficient (Wildman–Crippen LogP) is 3.81. The summed E-state index contributed by atoms with van der Waals surface area (Å²) in [7, 11) is 0. The Labute approximate surface area is 277 Å². The van der Waals surface area contributed by atoms with Crippen LogP contribution in [0.1, 0.15) is 31.2 Å². The first kappa shape index (κ1) is 27.7. The zero-order valence-electron chi connectivity index (χ0n) is 13.3. The number of rotatable bonds is 2. The second-order valence-corrected chi connectivity index (χ2v) is 5.12. The molecule has 1 fully saturated rings. The molecule has 0 N–H and O–H groups in total. The van der Waals surface area contributed by atoms with Gasteiger partial charge in [0.2, 0.25) is 0 Å². The Morgan fingerprint density at radius 1 is 1.00 bits per heavy atom. The Morgan fingerprint density at radius 2 is 1.71 bits per heavy atom. The summed E-state index contributed by atoms with van der Waals surface area (Å²) < 4.78 is 0. The van der Waals surface area contributed by atoms with E-state index in [-0.39, 0.29) is 182 Å². The van der Waals surface area contributed by atoms with Crippen LogP contribution in [0.4, 0.5) is 0 Å². The maximum absolute atomic E-state index is 3.13. The van der Waals surface area contributed by atoms with Crippen molar-refractivity contribution in [1.29, 1.82) is 0 Å². The van der Waals surface area contributed by atoms with Gasteiger partial charge >= 0.3 is 0 Å². The second-order valence-electron chi connectivity index (χ2n) is 5.12. The van der Waals surface area contributed by atoms with Crippen molar-refractivity contribution in [1.82, 2.24) is 0 Å². The van der Waals surface area contributed by atoms with Gasteiger partial charge in [0.05, 0.1) is 0 Å². The summed E-state index contributed by atoms with van der Waals surface area (Å²) in [5.41, 5.74) is 1.50. The van der Waals surface area contributed by atoms with Gasteiger partial charge in [0.15, 0.2) is 0 Å². The van der Waals surface area contributed by atoms with E-state index in [1.807, 2.05) is 6.07 Å². The minimum absolute atomic E-state index is 0. The predicted molar refractivity (Wildman–Crippen MR) is 84.3 cm³/mol. The first-order valence-electron chi connectivity index (χ1n) is 6.62. The average Bonchev–Trinajstić information content (AvgIpc) is 2.40. The van der Waals surface area contributed by atoms with E-state index in [2.05, 4.69) is 42.8 Å². The van der Waals surface area contributed by atoms with E-state index in [0.717, 1.165) is 5.92 Å². The van der Waals surface area contributed by atoms with Gasteiger partial charge in [0.1, 0.15) is 0 Å². The molecular weight excluding hydrogens is 553 g/mol. The zero-order valence-corrected chi connectivity index (χ0v) is 28.8. The van der Waals surface area contributed by atoms with Gasteiger partial charge in [0, 0.05) is 182 Å². The van der Waals surface area contributed by atoms with Crippen LogP contribution >= 0.6 is 0 Å². The van der Waals surface area contributed by atoms with Crippen molar-refractivity contribution in [2.24, 2.45) is 5.92 Å². The molecule has 0 saturated heterocycles. The summed E-state index contributed by atoms with van der Waals surface area (Å²) in [5, 5.41) is 2.65. The fourth-order valence-corrected chi connectivity index (χ4v) is 2.84. The van der Waals surface area contributed by atoms with Crippen molar-refractivity contribution in [3.05, 3.63) is 54.4 Å². The monoisotopic (exact) mass is 570 g/mol. The van der Waals surface area contributed by atoms with Gasteiger partial charge in [-0.1, -0.05) is 30.5 Å². The van der Waals surface area contributed by atoms with Crippen LogP contribution in [0.3, 0.4) is 0 Å². The maximum atomic E-state index is 3.13. The molecule has 0 bridgehead atoms. The SMILES string of the molecule is [Rb].[Rb].[Y].[Y].[c-]1ccc2cc(CC3CC[CH-]CC3)ccc2c1. The van der Waals surface area contributed by atoms with E-state index >= 15 is 0 Å². The van der Waals surface area contributed by atoms with Crippen LogP contribution < -0.4 is 0 Å². The number of fused-ring (bicyclic) bond motifs is 1. The molecule has 2 aromatic rings. The van der Waals surface area contributed by atoms with E-state index < -0.39 is 0 Å². The first-order valence-corrected chi connectivity index (χ1v) is 6.62. The average molecular weight is 571 g/mol. The number of hydrogen-bond donors (Lipinski definition) is 0. The van der Waals surface area contributed by atoms with E-state index in [4.69, 9.17) is 0 Å². The summed E-state index contributed by atoms with van der Waals surface area (Å²) in [6.45, 7) is 0. The standard InChI is InChI=1S/C17H18.2Rb.2Y/c1-2-6-14(7-3-1)12-15-10-11-16-8-4-5-9-17(16)13-15;;;;/h1,5,8-11,13-14H,2-3,6-7,12H2;;;;/q-2;;;;. The van der Waals surface area contributed by atoms with Crippen molar-refractivity contribution in [3.8, 4) is 0 Å². The Hall–Kier alpha value is 4.52. The van der Waals surface area contributed by atoms with E-state index in [1.165, 1.54) is 48.4 Å². The van der Waals surface area contributed by atoms with Crippen molar-refractivity contribution in [2.45, 2.75) is 32.1 Å². The van der Waals surface area contributed by atoms with E-state index in [1.54, 1.807) is 0 Å². The maximum Gasteiger partial charge on any atom is 0 e. The smallest absolute Gasteiger partial charge is 0 e. The molecule has 0 aromatic heterocycles. The molecule has 21 heavy (non-hydrogen) atoms. The third-order valence-corrected chi connectivity index (χ3v) is 3.83. The summed E-state index contributed by atoms with van der Waals surface area (Å²) >= 11 is 0. The van der Waals surface area contributed by atoms with Crippen molar-refractivity contribution >= 4 is 127 Å². The van der Waals surface area contributed by atoms with Crippen LogP contribution in [0.2, 0.25) is 0 Å². The summed E-state index contributed by atoms with van der Waals surface area (Å²) in [6.07, 6.45) is 9.07. The Morgan fingerprint density at radius 3 is 2.43 bits per heavy atom. The van der Waals surface area contributed by atoms with Crippen LogP contribution in [0.5, 0.6) is 0 Å². The second kappa shape index (κ2) is 15.6. The first-order chi connectivity index (χ1) is 8.42. The van der Waals surface area contributed by atoms with E-state index in [9.17, 15) is 0 Å². The molecule has 0 spiro atoms. The van der Waals surface area contributed by atoms with Crippen LogP contribution in [0.25, 0.3) is 10.8 Å². The van der Waals surface area contributed by atoms with Gasteiger partial charge in [0.25, 0.3) is 0 Å². The third-order valence-electron chi connectivity index (χ3n) is 3.83.